The van der Waals surface area contributed by atoms with Gasteiger partial charge in [0.2, 0.25) is 0 Å². The van der Waals surface area contributed by atoms with Crippen LogP contribution in [0, 0.1) is 13.8 Å². The van der Waals surface area contributed by atoms with Crippen LogP contribution in [-0.2, 0) is 13.1 Å². The summed E-state index contributed by atoms with van der Waals surface area (Å²) in [6, 6.07) is 9.48. The van der Waals surface area contributed by atoms with E-state index in [1.165, 1.54) is 11.8 Å². The summed E-state index contributed by atoms with van der Waals surface area (Å²) in [5.41, 5.74) is 3.59. The lowest BCUT2D eigenvalue weighted by Crippen LogP contribution is -2.08. The molecule has 8 heteroatoms. The quantitative estimate of drug-likeness (QED) is 0.219. The van der Waals surface area contributed by atoms with Gasteiger partial charge in [-0.3, -0.25) is 14.3 Å². The first-order valence-electron chi connectivity index (χ1n) is 9.88. The van der Waals surface area contributed by atoms with Crippen LogP contribution in [0.5, 0.6) is 0 Å². The largest absolute Gasteiger partial charge is 0.467 e. The van der Waals surface area contributed by atoms with Crippen molar-refractivity contribution < 1.29 is 9.21 Å². The summed E-state index contributed by atoms with van der Waals surface area (Å²) in [5.74, 6) is 1.79. The third-order valence-electron chi connectivity index (χ3n) is 5.05. The number of Topliss-reactive ketones (excluding diaryl/α,β-unsaturated/α-hetero) is 1. The smallest absolute Gasteiger partial charge is 0.192 e. The van der Waals surface area contributed by atoms with E-state index in [9.17, 15) is 4.79 Å². The van der Waals surface area contributed by atoms with Crippen molar-refractivity contribution in [2.45, 2.75) is 32.1 Å². The Balaban J connectivity index is 1.58. The molecule has 0 unspecified atom stereocenters. The van der Waals surface area contributed by atoms with Gasteiger partial charge in [-0.05, 0) is 44.2 Å². The highest BCUT2D eigenvalue weighted by molar-refractivity contribution is 7.99. The van der Waals surface area contributed by atoms with Crippen molar-refractivity contribution in [2.24, 2.45) is 0 Å². The second-order valence-corrected chi connectivity index (χ2v) is 8.05. The molecule has 4 rings (SSSR count). The number of thioether (sulfide) groups is 1. The fourth-order valence-electron chi connectivity index (χ4n) is 3.51. The molecule has 0 saturated carbocycles. The lowest BCUT2D eigenvalue weighted by molar-refractivity contribution is 0.102. The summed E-state index contributed by atoms with van der Waals surface area (Å²) >= 11 is 1.37. The van der Waals surface area contributed by atoms with E-state index in [0.29, 0.717) is 24.1 Å². The molecular formula is C23H23N5O2S. The number of furan rings is 1. The molecule has 0 spiro atoms. The summed E-state index contributed by atoms with van der Waals surface area (Å²) in [7, 11) is 0. The second-order valence-electron chi connectivity index (χ2n) is 7.11. The topological polar surface area (TPSA) is 78.7 Å². The van der Waals surface area contributed by atoms with Crippen molar-refractivity contribution in [3.8, 4) is 11.4 Å². The van der Waals surface area contributed by atoms with Gasteiger partial charge < -0.3 is 8.98 Å². The molecule has 4 aromatic rings. The average molecular weight is 434 g/mol. The number of hydrogen-bond donors (Lipinski definition) is 0. The van der Waals surface area contributed by atoms with Crippen LogP contribution in [-0.4, -0.2) is 35.9 Å². The molecule has 0 amide bonds. The number of carbonyl (C=O) groups excluding carboxylic acids is 1. The molecular weight excluding hydrogens is 410 g/mol. The van der Waals surface area contributed by atoms with Crippen LogP contribution in [0.4, 0.5) is 0 Å². The molecule has 0 aliphatic rings. The van der Waals surface area contributed by atoms with Gasteiger partial charge in [0.05, 0.1) is 18.6 Å². The summed E-state index contributed by atoms with van der Waals surface area (Å²) in [5, 5.41) is 9.37. The van der Waals surface area contributed by atoms with Crippen LogP contribution in [0.25, 0.3) is 11.4 Å². The van der Waals surface area contributed by atoms with E-state index in [0.717, 1.165) is 28.3 Å². The Hall–Kier alpha value is -3.39. The van der Waals surface area contributed by atoms with Crippen molar-refractivity contribution in [1.82, 2.24) is 24.3 Å². The normalized spacial score (nSPS) is 11.0. The average Bonchev–Trinajstić information content (AvgIpc) is 3.50. The Morgan fingerprint density at radius 2 is 2.10 bits per heavy atom. The van der Waals surface area contributed by atoms with Crippen LogP contribution in [0.1, 0.15) is 27.5 Å². The van der Waals surface area contributed by atoms with E-state index in [4.69, 9.17) is 4.42 Å². The molecule has 0 fully saturated rings. The maximum absolute atomic E-state index is 13.0. The van der Waals surface area contributed by atoms with E-state index < -0.39 is 0 Å². The zero-order chi connectivity index (χ0) is 21.8. The summed E-state index contributed by atoms with van der Waals surface area (Å²) < 4.78 is 9.56. The molecule has 0 N–H and O–H groups in total. The highest BCUT2D eigenvalue weighted by Crippen LogP contribution is 2.26. The Labute approximate surface area is 184 Å². The van der Waals surface area contributed by atoms with E-state index in [1.54, 1.807) is 18.7 Å². The number of nitrogens with zero attached hydrogens (tertiary/aromatic N) is 5. The van der Waals surface area contributed by atoms with E-state index >= 15 is 0 Å². The van der Waals surface area contributed by atoms with Crippen molar-refractivity contribution in [3.63, 3.8) is 0 Å². The maximum Gasteiger partial charge on any atom is 0.192 e. The molecule has 4 heterocycles. The fourth-order valence-corrected chi connectivity index (χ4v) is 4.33. The highest BCUT2D eigenvalue weighted by Gasteiger charge is 2.20. The number of aromatic nitrogens is 5. The first-order valence-corrected chi connectivity index (χ1v) is 10.9. The molecule has 7 nitrogen and oxygen atoms in total. The predicted octanol–water partition coefficient (Wildman–Crippen LogP) is 4.56. The molecule has 0 bridgehead atoms. The van der Waals surface area contributed by atoms with Gasteiger partial charge in [0.15, 0.2) is 16.8 Å². The molecule has 158 valence electrons. The lowest BCUT2D eigenvalue weighted by Gasteiger charge is -2.09. The number of ketones is 1. The molecule has 0 saturated heterocycles. The molecule has 0 atom stereocenters. The van der Waals surface area contributed by atoms with Gasteiger partial charge in [-0.15, -0.1) is 16.8 Å². The molecule has 31 heavy (non-hydrogen) atoms. The standard InChI is InChI=1S/C23H23N5O2S/c1-4-10-27-16(2)12-20(17(27)3)21(29)15-31-23-26-25-22(18-7-5-9-24-13-18)28(23)14-19-8-6-11-30-19/h4-9,11-13H,1,10,14-15H2,2-3H3. The van der Waals surface area contributed by atoms with Gasteiger partial charge in [0.1, 0.15) is 5.76 Å². The van der Waals surface area contributed by atoms with Gasteiger partial charge in [-0.2, -0.15) is 0 Å². The summed E-state index contributed by atoms with van der Waals surface area (Å²) in [6.45, 7) is 8.91. The van der Waals surface area contributed by atoms with Crippen molar-refractivity contribution >= 4 is 17.5 Å². The first kappa shape index (κ1) is 20.9. The van der Waals surface area contributed by atoms with Gasteiger partial charge >= 0.3 is 0 Å². The molecule has 0 radical (unpaired) electrons. The summed E-state index contributed by atoms with van der Waals surface area (Å²) in [6.07, 6.45) is 6.93. The van der Waals surface area contributed by atoms with Crippen LogP contribution in [0.15, 0.2) is 71.2 Å². The Kier molecular flexibility index (Phi) is 6.18. The second kappa shape index (κ2) is 9.18. The lowest BCUT2D eigenvalue weighted by atomic mass is 10.2. The highest BCUT2D eigenvalue weighted by atomic mass is 32.2. The minimum Gasteiger partial charge on any atom is -0.467 e. The minimum absolute atomic E-state index is 0.0592. The zero-order valence-electron chi connectivity index (χ0n) is 17.5. The van der Waals surface area contributed by atoms with Crippen LogP contribution < -0.4 is 0 Å². The van der Waals surface area contributed by atoms with Crippen LogP contribution >= 0.6 is 11.8 Å². The maximum atomic E-state index is 13.0. The van der Waals surface area contributed by atoms with E-state index in [1.807, 2.05) is 54.8 Å². The Morgan fingerprint density at radius 1 is 1.23 bits per heavy atom. The van der Waals surface area contributed by atoms with Crippen LogP contribution in [0.2, 0.25) is 0 Å². The summed E-state index contributed by atoms with van der Waals surface area (Å²) in [4.78, 5) is 17.2. The third kappa shape index (κ3) is 4.39. The SMILES string of the molecule is C=CCn1c(C)cc(C(=O)CSc2nnc(-c3cccnc3)n2Cc2ccco2)c1C. The molecule has 0 aliphatic carbocycles. The number of aryl methyl sites for hydroxylation is 1. The fraction of sp³-hybridized carbons (Fsp3) is 0.217. The van der Waals surface area contributed by atoms with E-state index in [-0.39, 0.29) is 11.5 Å². The molecule has 0 aromatic carbocycles. The Bertz CT molecular complexity index is 1190. The number of rotatable bonds is 9. The van der Waals surface area contributed by atoms with Gasteiger partial charge in [0.25, 0.3) is 0 Å². The van der Waals surface area contributed by atoms with Crippen molar-refractivity contribution in [1.29, 1.82) is 0 Å². The van der Waals surface area contributed by atoms with Gasteiger partial charge in [-0.25, -0.2) is 0 Å². The Morgan fingerprint density at radius 3 is 2.81 bits per heavy atom. The van der Waals surface area contributed by atoms with Gasteiger partial charge in [-0.1, -0.05) is 17.8 Å². The monoisotopic (exact) mass is 433 g/mol. The molecule has 0 aliphatic heterocycles. The first-order chi connectivity index (χ1) is 15.1. The van der Waals surface area contributed by atoms with Gasteiger partial charge in [0, 0.05) is 41.5 Å². The van der Waals surface area contributed by atoms with E-state index in [2.05, 4.69) is 26.3 Å². The zero-order valence-corrected chi connectivity index (χ0v) is 18.3. The van der Waals surface area contributed by atoms with Crippen molar-refractivity contribution in [3.05, 3.63) is 84.4 Å². The number of allylic oxidation sites excluding steroid dienone is 1. The van der Waals surface area contributed by atoms with Crippen molar-refractivity contribution in [2.75, 3.05) is 5.75 Å². The van der Waals surface area contributed by atoms with Crippen LogP contribution in [0.3, 0.4) is 0 Å². The minimum atomic E-state index is 0.0592. The number of pyridine rings is 1. The molecule has 4 aromatic heterocycles. The third-order valence-corrected chi connectivity index (χ3v) is 6.02. The number of carbonyl (C=O) groups is 1. The predicted molar refractivity (Wildman–Crippen MR) is 120 cm³/mol. The number of hydrogen-bond acceptors (Lipinski definition) is 6.